The Morgan fingerprint density at radius 3 is 2.11 bits per heavy atom. The van der Waals surface area contributed by atoms with Gasteiger partial charge in [0, 0.05) is 23.4 Å². The minimum atomic E-state index is -1.00. The molecule has 0 unspecified atom stereocenters. The molecule has 0 bridgehead atoms. The van der Waals surface area contributed by atoms with Gasteiger partial charge in [-0.2, -0.15) is 0 Å². The molecule has 1 amide bonds. The summed E-state index contributed by atoms with van der Waals surface area (Å²) in [5.74, 6) is -0.895. The highest BCUT2D eigenvalue weighted by Gasteiger charge is 2.47. The molecular formula is C26H22N2O7. The summed E-state index contributed by atoms with van der Waals surface area (Å²) >= 11 is 0. The van der Waals surface area contributed by atoms with E-state index in [1.54, 1.807) is 48.5 Å². The third-order valence-electron chi connectivity index (χ3n) is 5.65. The Bertz CT molecular complexity index is 1300. The molecular weight excluding hydrogens is 452 g/mol. The number of methoxy groups -OCH3 is 1. The molecule has 3 aromatic rings. The van der Waals surface area contributed by atoms with E-state index in [2.05, 4.69) is 0 Å². The zero-order chi connectivity index (χ0) is 25.1. The molecule has 0 spiro atoms. The van der Waals surface area contributed by atoms with Gasteiger partial charge in [0.2, 0.25) is 0 Å². The minimum absolute atomic E-state index is 0.121. The molecule has 0 saturated carbocycles. The Hall–Kier alpha value is -4.66. The van der Waals surface area contributed by atoms with Crippen molar-refractivity contribution in [3.63, 3.8) is 0 Å². The highest BCUT2D eigenvalue weighted by molar-refractivity contribution is 6.51. The van der Waals surface area contributed by atoms with Crippen LogP contribution < -0.4 is 14.4 Å². The second kappa shape index (κ2) is 9.68. The van der Waals surface area contributed by atoms with Gasteiger partial charge in [0.1, 0.15) is 17.3 Å². The van der Waals surface area contributed by atoms with Gasteiger partial charge in [-0.05, 0) is 73.2 Å². The molecule has 178 valence electrons. The summed E-state index contributed by atoms with van der Waals surface area (Å²) < 4.78 is 10.6. The number of carbonyl (C=O) groups excluding carboxylic acids is 2. The van der Waals surface area contributed by atoms with Crippen molar-refractivity contribution in [1.29, 1.82) is 0 Å². The molecule has 4 rings (SSSR count). The predicted octanol–water partition coefficient (Wildman–Crippen LogP) is 4.63. The second-order valence-electron chi connectivity index (χ2n) is 7.67. The average molecular weight is 474 g/mol. The normalized spacial score (nSPS) is 16.9. The van der Waals surface area contributed by atoms with Crippen molar-refractivity contribution in [1.82, 2.24) is 0 Å². The first-order valence-electron chi connectivity index (χ1n) is 10.8. The number of ketones is 1. The number of anilines is 1. The fraction of sp³-hybridized carbons (Fsp3) is 0.154. The number of hydrogen-bond acceptors (Lipinski definition) is 7. The third-order valence-corrected chi connectivity index (χ3v) is 5.65. The summed E-state index contributed by atoms with van der Waals surface area (Å²) in [6.07, 6.45) is 0. The van der Waals surface area contributed by atoms with Gasteiger partial charge in [-0.15, -0.1) is 0 Å². The van der Waals surface area contributed by atoms with Gasteiger partial charge in [-0.3, -0.25) is 24.6 Å². The van der Waals surface area contributed by atoms with Crippen molar-refractivity contribution in [2.24, 2.45) is 0 Å². The van der Waals surface area contributed by atoms with Crippen LogP contribution in [0.4, 0.5) is 11.4 Å². The first-order chi connectivity index (χ1) is 16.8. The predicted molar refractivity (Wildman–Crippen MR) is 128 cm³/mol. The molecule has 1 aliphatic rings. The number of carbonyl (C=O) groups is 2. The van der Waals surface area contributed by atoms with E-state index >= 15 is 0 Å². The minimum Gasteiger partial charge on any atom is -0.507 e. The quantitative estimate of drug-likeness (QED) is 0.174. The fourth-order valence-corrected chi connectivity index (χ4v) is 3.97. The number of benzene rings is 3. The van der Waals surface area contributed by atoms with Crippen LogP contribution in [0.3, 0.4) is 0 Å². The molecule has 9 nitrogen and oxygen atoms in total. The maximum atomic E-state index is 13.2. The molecule has 9 heteroatoms. The molecule has 0 radical (unpaired) electrons. The summed E-state index contributed by atoms with van der Waals surface area (Å²) in [6, 6.07) is 17.5. The number of nitrogens with zero attached hydrogens (tertiary/aromatic N) is 2. The van der Waals surface area contributed by atoms with Gasteiger partial charge in [-0.25, -0.2) is 0 Å². The Kier molecular flexibility index (Phi) is 6.50. The van der Waals surface area contributed by atoms with Crippen molar-refractivity contribution in [2.75, 3.05) is 18.6 Å². The topological polar surface area (TPSA) is 119 Å². The number of nitro groups is 1. The number of aliphatic hydroxyl groups is 1. The summed E-state index contributed by atoms with van der Waals surface area (Å²) in [4.78, 5) is 38.2. The van der Waals surface area contributed by atoms with Crippen LogP contribution in [0.25, 0.3) is 5.76 Å². The lowest BCUT2D eigenvalue weighted by atomic mass is 9.95. The van der Waals surface area contributed by atoms with Crippen molar-refractivity contribution < 1.29 is 29.1 Å². The second-order valence-corrected chi connectivity index (χ2v) is 7.67. The Labute approximate surface area is 201 Å². The van der Waals surface area contributed by atoms with Crippen LogP contribution in [0.15, 0.2) is 78.4 Å². The van der Waals surface area contributed by atoms with Gasteiger partial charge in [-0.1, -0.05) is 0 Å². The molecule has 1 atom stereocenters. The van der Waals surface area contributed by atoms with Crippen LogP contribution in [-0.2, 0) is 9.59 Å². The SMILES string of the molecule is CCOc1ccc(C(O)=C2C(=O)C(=O)N(c3ccc(OC)cc3)[C@H]2c2ccc([N+](=O)[O-])cc2)cc1. The van der Waals surface area contributed by atoms with E-state index in [-0.39, 0.29) is 17.0 Å². The van der Waals surface area contributed by atoms with E-state index in [1.165, 1.54) is 36.3 Å². The molecule has 1 fully saturated rings. The largest absolute Gasteiger partial charge is 0.507 e. The highest BCUT2D eigenvalue weighted by Crippen LogP contribution is 2.42. The van der Waals surface area contributed by atoms with Gasteiger partial charge in [0.05, 0.1) is 30.3 Å². The van der Waals surface area contributed by atoms with E-state index in [4.69, 9.17) is 9.47 Å². The van der Waals surface area contributed by atoms with Gasteiger partial charge >= 0.3 is 0 Å². The van der Waals surface area contributed by atoms with E-state index in [0.29, 0.717) is 34.9 Å². The fourth-order valence-electron chi connectivity index (χ4n) is 3.97. The molecule has 0 aromatic heterocycles. The maximum absolute atomic E-state index is 13.2. The summed E-state index contributed by atoms with van der Waals surface area (Å²) in [5, 5.41) is 22.3. The zero-order valence-electron chi connectivity index (χ0n) is 19.0. The smallest absolute Gasteiger partial charge is 0.300 e. The van der Waals surface area contributed by atoms with E-state index in [1.807, 2.05) is 6.92 Å². The van der Waals surface area contributed by atoms with Crippen molar-refractivity contribution in [3.05, 3.63) is 99.6 Å². The van der Waals surface area contributed by atoms with Crippen molar-refractivity contribution in [3.8, 4) is 11.5 Å². The lowest BCUT2D eigenvalue weighted by Gasteiger charge is -2.25. The van der Waals surface area contributed by atoms with E-state index < -0.39 is 22.7 Å². The summed E-state index contributed by atoms with van der Waals surface area (Å²) in [7, 11) is 1.51. The molecule has 3 aromatic carbocycles. The van der Waals surface area contributed by atoms with Crippen molar-refractivity contribution >= 4 is 28.8 Å². The molecule has 35 heavy (non-hydrogen) atoms. The van der Waals surface area contributed by atoms with Crippen LogP contribution in [0.1, 0.15) is 24.1 Å². The first-order valence-corrected chi connectivity index (χ1v) is 10.8. The molecule has 1 heterocycles. The number of aliphatic hydroxyl groups excluding tert-OH is 1. The van der Waals surface area contributed by atoms with Crippen LogP contribution in [0, 0.1) is 10.1 Å². The van der Waals surface area contributed by atoms with E-state index in [0.717, 1.165) is 0 Å². The average Bonchev–Trinajstić information content (AvgIpc) is 3.14. The van der Waals surface area contributed by atoms with Crippen LogP contribution >= 0.6 is 0 Å². The monoisotopic (exact) mass is 474 g/mol. The summed E-state index contributed by atoms with van der Waals surface area (Å²) in [6.45, 7) is 2.32. The van der Waals surface area contributed by atoms with Gasteiger partial charge < -0.3 is 14.6 Å². The first kappa shape index (κ1) is 23.5. The molecule has 1 aliphatic heterocycles. The summed E-state index contributed by atoms with van der Waals surface area (Å²) in [5.41, 5.74) is 0.902. The zero-order valence-corrected chi connectivity index (χ0v) is 19.0. The van der Waals surface area contributed by atoms with Crippen LogP contribution in [-0.4, -0.2) is 35.4 Å². The number of hydrogen-bond donors (Lipinski definition) is 1. The lowest BCUT2D eigenvalue weighted by molar-refractivity contribution is -0.384. The van der Waals surface area contributed by atoms with Crippen LogP contribution in [0.5, 0.6) is 11.5 Å². The van der Waals surface area contributed by atoms with Crippen molar-refractivity contribution in [2.45, 2.75) is 13.0 Å². The number of rotatable bonds is 7. The standard InChI is InChI=1S/C26H22N2O7/c1-3-35-21-12-6-17(7-13-21)24(29)22-23(16-4-8-19(9-5-16)28(32)33)27(26(31)25(22)30)18-10-14-20(34-2)15-11-18/h4-15,23,29H,3H2,1-2H3/t23-/m0/s1. The Balaban J connectivity index is 1.87. The number of Topliss-reactive ketones (excluding diaryl/α,β-unsaturated/α-hetero) is 1. The van der Waals surface area contributed by atoms with Gasteiger partial charge in [0.25, 0.3) is 17.4 Å². The molecule has 1 N–H and O–H groups in total. The van der Waals surface area contributed by atoms with Gasteiger partial charge in [0.15, 0.2) is 0 Å². The molecule has 0 aliphatic carbocycles. The van der Waals surface area contributed by atoms with E-state index in [9.17, 15) is 24.8 Å². The number of ether oxygens (including phenoxy) is 2. The number of non-ortho nitro benzene ring substituents is 1. The third kappa shape index (κ3) is 4.43. The maximum Gasteiger partial charge on any atom is 0.300 e. The number of amides is 1. The lowest BCUT2D eigenvalue weighted by Crippen LogP contribution is -2.29. The molecule has 1 saturated heterocycles. The highest BCUT2D eigenvalue weighted by atomic mass is 16.6. The Morgan fingerprint density at radius 1 is 0.971 bits per heavy atom. The van der Waals surface area contributed by atoms with Crippen LogP contribution in [0.2, 0.25) is 0 Å². The number of nitro benzene ring substituents is 1. The Morgan fingerprint density at radius 2 is 1.57 bits per heavy atom.